The van der Waals surface area contributed by atoms with Gasteiger partial charge in [0.15, 0.2) is 0 Å². The van der Waals surface area contributed by atoms with Crippen LogP contribution in [0.15, 0.2) is 53.7 Å². The predicted molar refractivity (Wildman–Crippen MR) is 133 cm³/mol. The van der Waals surface area contributed by atoms with Gasteiger partial charge in [-0.15, -0.1) is 0 Å². The Morgan fingerprint density at radius 3 is 2.68 bits per heavy atom. The van der Waals surface area contributed by atoms with E-state index in [1.165, 1.54) is 6.07 Å². The van der Waals surface area contributed by atoms with E-state index in [0.29, 0.717) is 25.2 Å². The quantitative estimate of drug-likeness (QED) is 0.631. The Morgan fingerprint density at radius 2 is 2.00 bits per heavy atom. The number of amidine groups is 1. The first kappa shape index (κ1) is 23.7. The normalized spacial score (nSPS) is 16.2. The largest absolute Gasteiger partial charge is 0.497 e. The van der Waals surface area contributed by atoms with Gasteiger partial charge in [-0.3, -0.25) is 9.78 Å². The van der Waals surface area contributed by atoms with Gasteiger partial charge in [0, 0.05) is 43.4 Å². The molecule has 7 heteroatoms. The van der Waals surface area contributed by atoms with Crippen LogP contribution in [0.4, 0.5) is 4.39 Å². The maximum atomic E-state index is 13.7. The fourth-order valence-corrected chi connectivity index (χ4v) is 4.26. The lowest BCUT2D eigenvalue weighted by molar-refractivity contribution is -0.131. The van der Waals surface area contributed by atoms with Crippen molar-refractivity contribution in [3.63, 3.8) is 0 Å². The average molecular weight is 463 g/mol. The third kappa shape index (κ3) is 5.19. The van der Waals surface area contributed by atoms with Crippen molar-refractivity contribution in [2.24, 2.45) is 10.9 Å². The van der Waals surface area contributed by atoms with E-state index in [9.17, 15) is 9.18 Å². The molecule has 1 aromatic carbocycles. The van der Waals surface area contributed by atoms with E-state index < -0.39 is 0 Å². The zero-order chi connectivity index (χ0) is 24.2. The van der Waals surface area contributed by atoms with Crippen LogP contribution in [0.5, 0.6) is 5.75 Å². The monoisotopic (exact) mass is 462 g/mol. The summed E-state index contributed by atoms with van der Waals surface area (Å²) in [7, 11) is 1.64. The number of halogens is 1. The molecule has 0 fully saturated rings. The van der Waals surface area contributed by atoms with E-state index in [4.69, 9.17) is 9.73 Å². The summed E-state index contributed by atoms with van der Waals surface area (Å²) in [5, 5.41) is 0. The molecule has 178 valence electrons. The summed E-state index contributed by atoms with van der Waals surface area (Å²) in [6.07, 6.45) is 6.58. The highest BCUT2D eigenvalue weighted by atomic mass is 19.1. The molecule has 1 aromatic heterocycles. The number of aromatic nitrogens is 1. The van der Waals surface area contributed by atoms with E-state index in [-0.39, 0.29) is 24.2 Å². The number of ether oxygens (including phenoxy) is 1. The maximum Gasteiger partial charge on any atom is 0.242 e. The van der Waals surface area contributed by atoms with Crippen molar-refractivity contribution in [2.45, 2.75) is 27.2 Å². The van der Waals surface area contributed by atoms with Crippen LogP contribution < -0.4 is 4.74 Å². The van der Waals surface area contributed by atoms with Crippen LogP contribution in [0.25, 0.3) is 11.3 Å². The zero-order valence-electron chi connectivity index (χ0n) is 20.2. The van der Waals surface area contributed by atoms with E-state index in [0.717, 1.165) is 40.5 Å². The second-order valence-corrected chi connectivity index (χ2v) is 8.96. The van der Waals surface area contributed by atoms with Gasteiger partial charge < -0.3 is 14.5 Å². The number of benzene rings is 1. The molecule has 2 aliphatic heterocycles. The fraction of sp³-hybridized carbons (Fsp3) is 0.370. The molecule has 0 N–H and O–H groups in total. The molecule has 3 heterocycles. The van der Waals surface area contributed by atoms with E-state index in [1.807, 2.05) is 34.1 Å². The van der Waals surface area contributed by atoms with Crippen LogP contribution in [0.1, 0.15) is 37.1 Å². The predicted octanol–water partition coefficient (Wildman–Crippen LogP) is 4.56. The molecule has 2 aliphatic rings. The van der Waals surface area contributed by atoms with Gasteiger partial charge in [-0.05, 0) is 54.8 Å². The Kier molecular flexibility index (Phi) is 7.10. The van der Waals surface area contributed by atoms with Crippen LogP contribution in [-0.2, 0) is 4.79 Å². The van der Waals surface area contributed by atoms with Crippen LogP contribution in [0, 0.1) is 18.7 Å². The minimum atomic E-state index is -0.221. The number of nitrogens with zero attached hydrogens (tertiary/aromatic N) is 4. The van der Waals surface area contributed by atoms with Crippen LogP contribution >= 0.6 is 0 Å². The van der Waals surface area contributed by atoms with E-state index >= 15 is 0 Å². The van der Waals surface area contributed by atoms with Crippen molar-refractivity contribution >= 4 is 23.0 Å². The second-order valence-electron chi connectivity index (χ2n) is 8.96. The molecule has 0 saturated carbocycles. The number of carbonyl (C=O) groups is 1. The summed E-state index contributed by atoms with van der Waals surface area (Å²) >= 11 is 0. The maximum absolute atomic E-state index is 13.7. The van der Waals surface area contributed by atoms with Gasteiger partial charge in [-0.1, -0.05) is 19.9 Å². The molecule has 1 amide bonds. The molecule has 34 heavy (non-hydrogen) atoms. The van der Waals surface area contributed by atoms with Gasteiger partial charge in [-0.2, -0.15) is 0 Å². The molecule has 0 unspecified atom stereocenters. The molecule has 0 aliphatic carbocycles. The van der Waals surface area contributed by atoms with Crippen molar-refractivity contribution in [3.8, 4) is 5.75 Å². The minimum Gasteiger partial charge on any atom is -0.497 e. The summed E-state index contributed by atoms with van der Waals surface area (Å²) in [5.74, 6) is 1.67. The Hall–Kier alpha value is -3.48. The van der Waals surface area contributed by atoms with Crippen LogP contribution in [0.2, 0.25) is 0 Å². The van der Waals surface area contributed by atoms with Gasteiger partial charge in [-0.25, -0.2) is 9.38 Å². The smallest absolute Gasteiger partial charge is 0.242 e. The van der Waals surface area contributed by atoms with Gasteiger partial charge in [0.25, 0.3) is 0 Å². The lowest BCUT2D eigenvalue weighted by atomic mass is 10.0. The third-order valence-corrected chi connectivity index (χ3v) is 6.22. The van der Waals surface area contributed by atoms with Crippen molar-refractivity contribution in [3.05, 3.63) is 71.3 Å². The molecule has 6 nitrogen and oxygen atoms in total. The first-order valence-electron chi connectivity index (χ1n) is 11.6. The van der Waals surface area contributed by atoms with Crippen LogP contribution in [0.3, 0.4) is 0 Å². The summed E-state index contributed by atoms with van der Waals surface area (Å²) < 4.78 is 19.0. The highest BCUT2D eigenvalue weighted by Gasteiger charge is 2.25. The van der Waals surface area contributed by atoms with Gasteiger partial charge >= 0.3 is 0 Å². The molecular formula is C27H31FN4O2. The number of pyridine rings is 1. The molecule has 0 radical (unpaired) electrons. The second kappa shape index (κ2) is 10.2. The highest BCUT2D eigenvalue weighted by molar-refractivity contribution is 5.94. The lowest BCUT2D eigenvalue weighted by Crippen LogP contribution is -2.46. The standard InChI is InChI=1S/C27H31FN4O2/c1-18(2)27-30-24(21-5-6-23(28)19(3)15-21)10-14-32(27)17-26(33)31-12-8-20(9-13-31)25-16-22(34-4)7-11-29-25/h5-8,10-11,15-16,18H,9,12-14,17H2,1-4H3. The number of rotatable bonds is 6. The number of carbonyl (C=O) groups excluding carboxylic acids is 1. The SMILES string of the molecule is COc1ccnc(C2=CCN(C(=O)CN3CC=C(c4ccc(F)c(C)c4)N=C3C(C)C)CC2)c1. The number of aliphatic imine (C=N–C) groups is 1. The fourth-order valence-electron chi connectivity index (χ4n) is 4.26. The zero-order valence-corrected chi connectivity index (χ0v) is 20.2. The Bertz CT molecular complexity index is 1170. The Morgan fingerprint density at radius 1 is 1.18 bits per heavy atom. The van der Waals surface area contributed by atoms with Gasteiger partial charge in [0.2, 0.25) is 5.91 Å². The Balaban J connectivity index is 1.43. The molecule has 0 atom stereocenters. The average Bonchev–Trinajstić information content (AvgIpc) is 2.86. The number of amides is 1. The molecule has 0 saturated heterocycles. The van der Waals surface area contributed by atoms with Crippen molar-refractivity contribution in [2.75, 3.05) is 33.3 Å². The Labute approximate surface area is 200 Å². The molecule has 4 rings (SSSR count). The number of aryl methyl sites for hydroxylation is 1. The number of hydrogen-bond donors (Lipinski definition) is 0. The molecular weight excluding hydrogens is 431 g/mol. The number of methoxy groups -OCH3 is 1. The summed E-state index contributed by atoms with van der Waals surface area (Å²) in [4.78, 5) is 26.3. The summed E-state index contributed by atoms with van der Waals surface area (Å²) in [5.41, 5.74) is 4.34. The van der Waals surface area contributed by atoms with Gasteiger partial charge in [0.1, 0.15) is 17.4 Å². The highest BCUT2D eigenvalue weighted by Crippen LogP contribution is 2.26. The first-order chi connectivity index (χ1) is 16.4. The molecule has 0 bridgehead atoms. The summed E-state index contributed by atoms with van der Waals surface area (Å²) in [6.45, 7) is 8.00. The van der Waals surface area contributed by atoms with Crippen molar-refractivity contribution < 1.29 is 13.9 Å². The lowest BCUT2D eigenvalue weighted by Gasteiger charge is -2.33. The molecule has 0 spiro atoms. The number of hydrogen-bond acceptors (Lipinski definition) is 5. The van der Waals surface area contributed by atoms with Crippen molar-refractivity contribution in [1.29, 1.82) is 0 Å². The van der Waals surface area contributed by atoms with Crippen LogP contribution in [-0.4, -0.2) is 59.8 Å². The van der Waals surface area contributed by atoms with E-state index in [2.05, 4.69) is 24.9 Å². The van der Waals surface area contributed by atoms with Crippen molar-refractivity contribution in [1.82, 2.24) is 14.8 Å². The third-order valence-electron chi connectivity index (χ3n) is 6.22. The first-order valence-corrected chi connectivity index (χ1v) is 11.6. The summed E-state index contributed by atoms with van der Waals surface area (Å²) in [6, 6.07) is 8.80. The minimum absolute atomic E-state index is 0.0803. The van der Waals surface area contributed by atoms with Gasteiger partial charge in [0.05, 0.1) is 25.0 Å². The van der Waals surface area contributed by atoms with E-state index in [1.54, 1.807) is 26.3 Å². The topological polar surface area (TPSA) is 58.0 Å². The molecule has 2 aromatic rings.